The van der Waals surface area contributed by atoms with Crippen molar-refractivity contribution in [2.75, 3.05) is 27.5 Å². The van der Waals surface area contributed by atoms with Crippen molar-refractivity contribution < 1.29 is 13.9 Å². The van der Waals surface area contributed by atoms with Crippen LogP contribution < -0.4 is 10.3 Å². The number of methoxy groups -OCH3 is 2. The lowest BCUT2D eigenvalue weighted by Crippen LogP contribution is -2.26. The Morgan fingerprint density at radius 3 is 2.78 bits per heavy atom. The Balaban J connectivity index is 2.30. The minimum atomic E-state index is -0.619. The number of thiophene rings is 1. The maximum absolute atomic E-state index is 13.3. The first-order valence-corrected chi connectivity index (χ1v) is 9.70. The fraction of sp³-hybridized carbons (Fsp3) is 0.400. The first kappa shape index (κ1) is 19.5. The van der Waals surface area contributed by atoms with Crippen molar-refractivity contribution in [1.82, 2.24) is 9.55 Å². The molecule has 0 saturated heterocycles. The van der Waals surface area contributed by atoms with Gasteiger partial charge in [0.05, 0.1) is 25.6 Å². The summed E-state index contributed by atoms with van der Waals surface area (Å²) >= 11 is 1.52. The van der Waals surface area contributed by atoms with Gasteiger partial charge in [-0.25, -0.2) is 9.37 Å². The predicted molar refractivity (Wildman–Crippen MR) is 107 cm³/mol. The van der Waals surface area contributed by atoms with E-state index < -0.39 is 6.67 Å². The fourth-order valence-electron chi connectivity index (χ4n) is 3.20. The van der Waals surface area contributed by atoms with Gasteiger partial charge in [-0.2, -0.15) is 0 Å². The molecular weight excluding hydrogens is 367 g/mol. The minimum absolute atomic E-state index is 0.00429. The average molecular weight is 390 g/mol. The van der Waals surface area contributed by atoms with Gasteiger partial charge in [0.25, 0.3) is 5.56 Å². The number of ether oxygens (including phenoxy) is 2. The first-order chi connectivity index (χ1) is 13.1. The average Bonchev–Trinajstić information content (AvgIpc) is 3.07. The molecule has 2 aromatic heterocycles. The number of nitrogens with zero attached hydrogens (tertiary/aromatic N) is 2. The quantitative estimate of drug-likeness (QED) is 0.586. The van der Waals surface area contributed by atoms with Gasteiger partial charge in [-0.15, -0.1) is 11.3 Å². The Morgan fingerprint density at radius 2 is 2.11 bits per heavy atom. The summed E-state index contributed by atoms with van der Waals surface area (Å²) in [5.41, 5.74) is 1.59. The van der Waals surface area contributed by atoms with Gasteiger partial charge >= 0.3 is 0 Å². The van der Waals surface area contributed by atoms with E-state index in [0.29, 0.717) is 29.1 Å². The number of alkyl halides is 1. The summed E-state index contributed by atoms with van der Waals surface area (Å²) < 4.78 is 25.0. The maximum Gasteiger partial charge on any atom is 0.263 e. The lowest BCUT2D eigenvalue weighted by molar-refractivity contribution is 0.199. The standard InChI is InChI=1S/C20H23FN2O3S/c1-4-15-17(13-6-5-7-14(12-13)26-3)18-19(27-15)22-16(8-11-25-2)23(10-9-21)20(18)24/h5-7,12H,4,8-11H2,1-3H3. The van der Waals surface area contributed by atoms with Crippen LogP contribution in [0.1, 0.15) is 17.6 Å². The molecule has 0 fully saturated rings. The van der Waals surface area contributed by atoms with E-state index in [0.717, 1.165) is 28.2 Å². The van der Waals surface area contributed by atoms with E-state index in [1.54, 1.807) is 14.2 Å². The Labute approximate surface area is 161 Å². The summed E-state index contributed by atoms with van der Waals surface area (Å²) in [7, 11) is 3.21. The SMILES string of the molecule is CCc1sc2nc(CCOC)n(CCF)c(=O)c2c1-c1cccc(OC)c1. The van der Waals surface area contributed by atoms with Gasteiger partial charge in [-0.1, -0.05) is 19.1 Å². The second-order valence-corrected chi connectivity index (χ2v) is 7.17. The highest BCUT2D eigenvalue weighted by Crippen LogP contribution is 2.37. The summed E-state index contributed by atoms with van der Waals surface area (Å²) in [4.78, 5) is 19.7. The fourth-order valence-corrected chi connectivity index (χ4v) is 4.35. The smallest absolute Gasteiger partial charge is 0.263 e. The van der Waals surface area contributed by atoms with E-state index in [-0.39, 0.29) is 12.1 Å². The van der Waals surface area contributed by atoms with Crippen molar-refractivity contribution in [3.63, 3.8) is 0 Å². The van der Waals surface area contributed by atoms with Crippen LogP contribution in [-0.4, -0.2) is 37.1 Å². The molecular formula is C20H23FN2O3S. The number of hydrogen-bond acceptors (Lipinski definition) is 5. The van der Waals surface area contributed by atoms with Crippen LogP contribution in [0.15, 0.2) is 29.1 Å². The van der Waals surface area contributed by atoms with Gasteiger partial charge < -0.3 is 9.47 Å². The zero-order valence-electron chi connectivity index (χ0n) is 15.8. The monoisotopic (exact) mass is 390 g/mol. The largest absolute Gasteiger partial charge is 0.497 e. The Bertz CT molecular complexity index is 997. The molecule has 0 aliphatic rings. The molecule has 0 atom stereocenters. The molecule has 5 nitrogen and oxygen atoms in total. The second-order valence-electron chi connectivity index (χ2n) is 6.08. The summed E-state index contributed by atoms with van der Waals surface area (Å²) in [5.74, 6) is 1.29. The van der Waals surface area contributed by atoms with E-state index in [9.17, 15) is 9.18 Å². The van der Waals surface area contributed by atoms with Gasteiger partial charge in [0.2, 0.25) is 0 Å². The highest BCUT2D eigenvalue weighted by molar-refractivity contribution is 7.19. The summed E-state index contributed by atoms with van der Waals surface area (Å²) in [6.07, 6.45) is 1.25. The highest BCUT2D eigenvalue weighted by atomic mass is 32.1. The second kappa shape index (κ2) is 8.63. The topological polar surface area (TPSA) is 53.4 Å². The Kier molecular flexibility index (Phi) is 6.23. The molecule has 0 aliphatic heterocycles. The van der Waals surface area contributed by atoms with E-state index in [4.69, 9.17) is 14.5 Å². The third kappa shape index (κ3) is 3.75. The molecule has 0 N–H and O–H groups in total. The number of aromatic nitrogens is 2. The maximum atomic E-state index is 13.3. The number of rotatable bonds is 8. The molecule has 0 spiro atoms. The van der Waals surface area contributed by atoms with Crippen LogP contribution in [0.25, 0.3) is 21.3 Å². The van der Waals surface area contributed by atoms with E-state index >= 15 is 0 Å². The van der Waals surface area contributed by atoms with E-state index in [2.05, 4.69) is 6.92 Å². The number of hydrogen-bond donors (Lipinski definition) is 0. The van der Waals surface area contributed by atoms with Crippen LogP contribution in [0.2, 0.25) is 0 Å². The summed E-state index contributed by atoms with van der Waals surface area (Å²) in [6, 6.07) is 7.64. The molecule has 144 valence electrons. The van der Waals surface area contributed by atoms with Crippen LogP contribution in [0.5, 0.6) is 5.75 Å². The molecule has 0 amide bonds. The molecule has 0 aliphatic carbocycles. The van der Waals surface area contributed by atoms with Crippen molar-refractivity contribution in [2.24, 2.45) is 0 Å². The Morgan fingerprint density at radius 1 is 1.30 bits per heavy atom. The van der Waals surface area contributed by atoms with Gasteiger partial charge in [0, 0.05) is 24.0 Å². The molecule has 3 rings (SSSR count). The number of benzene rings is 1. The van der Waals surface area contributed by atoms with Crippen LogP contribution in [-0.2, 0) is 24.1 Å². The van der Waals surface area contributed by atoms with Crippen molar-refractivity contribution in [1.29, 1.82) is 0 Å². The van der Waals surface area contributed by atoms with Gasteiger partial charge in [0.15, 0.2) is 0 Å². The van der Waals surface area contributed by atoms with E-state index in [1.165, 1.54) is 15.9 Å². The van der Waals surface area contributed by atoms with Crippen molar-refractivity contribution in [2.45, 2.75) is 26.3 Å². The number of aryl methyl sites for hydroxylation is 1. The molecule has 27 heavy (non-hydrogen) atoms. The highest BCUT2D eigenvalue weighted by Gasteiger charge is 2.21. The first-order valence-electron chi connectivity index (χ1n) is 8.89. The van der Waals surface area contributed by atoms with Gasteiger partial charge in [0.1, 0.15) is 23.1 Å². The molecule has 7 heteroatoms. The third-order valence-corrected chi connectivity index (χ3v) is 5.71. The number of fused-ring (bicyclic) bond motifs is 1. The lowest BCUT2D eigenvalue weighted by Gasteiger charge is -2.11. The molecule has 3 aromatic rings. The van der Waals surface area contributed by atoms with Crippen molar-refractivity contribution in [3.8, 4) is 16.9 Å². The zero-order valence-corrected chi connectivity index (χ0v) is 16.6. The molecule has 0 bridgehead atoms. The predicted octanol–water partition coefficient (Wildman–Crippen LogP) is 3.85. The minimum Gasteiger partial charge on any atom is -0.497 e. The normalized spacial score (nSPS) is 11.3. The van der Waals surface area contributed by atoms with Crippen LogP contribution in [0.4, 0.5) is 4.39 Å². The third-order valence-electron chi connectivity index (χ3n) is 4.48. The van der Waals surface area contributed by atoms with Crippen molar-refractivity contribution in [3.05, 3.63) is 45.3 Å². The van der Waals surface area contributed by atoms with Gasteiger partial charge in [-0.3, -0.25) is 9.36 Å². The number of halogens is 1. The van der Waals surface area contributed by atoms with Crippen molar-refractivity contribution >= 4 is 21.6 Å². The lowest BCUT2D eigenvalue weighted by atomic mass is 10.0. The molecule has 2 heterocycles. The van der Waals surface area contributed by atoms with E-state index in [1.807, 2.05) is 24.3 Å². The molecule has 0 saturated carbocycles. The van der Waals surface area contributed by atoms with Crippen LogP contribution in [0.3, 0.4) is 0 Å². The van der Waals surface area contributed by atoms with Gasteiger partial charge in [-0.05, 0) is 24.1 Å². The van der Waals surface area contributed by atoms with Crippen LogP contribution in [0, 0.1) is 0 Å². The summed E-state index contributed by atoms with van der Waals surface area (Å²) in [6.45, 7) is 1.86. The molecule has 0 radical (unpaired) electrons. The summed E-state index contributed by atoms with van der Waals surface area (Å²) in [5, 5.41) is 0.555. The molecule has 1 aromatic carbocycles. The molecule has 0 unspecified atom stereocenters. The zero-order chi connectivity index (χ0) is 19.4. The Hall–Kier alpha value is -2.25. The van der Waals surface area contributed by atoms with Crippen LogP contribution >= 0.6 is 11.3 Å².